The lowest BCUT2D eigenvalue weighted by Crippen LogP contribution is -2.30. The molecule has 0 aromatic heterocycles. The number of hydrogen-bond acceptors (Lipinski definition) is 2. The van der Waals surface area contributed by atoms with Crippen LogP contribution in [-0.2, 0) is 4.74 Å². The molecule has 17 heavy (non-hydrogen) atoms. The van der Waals surface area contributed by atoms with Crippen molar-refractivity contribution in [1.29, 1.82) is 0 Å². The van der Waals surface area contributed by atoms with Crippen LogP contribution in [0.3, 0.4) is 0 Å². The highest BCUT2D eigenvalue weighted by molar-refractivity contribution is 9.10. The Balaban J connectivity index is 2.61. The van der Waals surface area contributed by atoms with Crippen molar-refractivity contribution in [3.63, 3.8) is 0 Å². The molecule has 0 spiro atoms. The lowest BCUT2D eigenvalue weighted by atomic mass is 10.1. The van der Waals surface area contributed by atoms with Gasteiger partial charge in [0.15, 0.2) is 0 Å². The minimum Gasteiger partial charge on any atom is -0.384 e. The maximum Gasteiger partial charge on any atom is 0.252 e. The zero-order valence-electron chi connectivity index (χ0n) is 10.4. The lowest BCUT2D eigenvalue weighted by Gasteiger charge is -2.12. The fourth-order valence-corrected chi connectivity index (χ4v) is 1.97. The van der Waals surface area contributed by atoms with Gasteiger partial charge >= 0.3 is 0 Å². The normalized spacial score (nSPS) is 12.2. The summed E-state index contributed by atoms with van der Waals surface area (Å²) < 4.78 is 5.88. The van der Waals surface area contributed by atoms with Crippen molar-refractivity contribution < 1.29 is 9.53 Å². The average Bonchev–Trinajstić information content (AvgIpc) is 2.30. The van der Waals surface area contributed by atoms with Crippen LogP contribution in [-0.4, -0.2) is 26.2 Å². The first-order chi connectivity index (χ1) is 8.06. The summed E-state index contributed by atoms with van der Waals surface area (Å²) in [7, 11) is 1.66. The summed E-state index contributed by atoms with van der Waals surface area (Å²) in [6, 6.07) is 5.66. The maximum atomic E-state index is 11.9. The molecule has 0 bridgehead atoms. The summed E-state index contributed by atoms with van der Waals surface area (Å²) >= 11 is 3.43. The molecule has 1 rings (SSSR count). The molecule has 0 aliphatic rings. The van der Waals surface area contributed by atoms with Gasteiger partial charge in [-0.15, -0.1) is 0 Å². The number of methoxy groups -OCH3 is 1. The van der Waals surface area contributed by atoms with Gasteiger partial charge < -0.3 is 10.1 Å². The van der Waals surface area contributed by atoms with Crippen LogP contribution in [0.15, 0.2) is 22.7 Å². The van der Waals surface area contributed by atoms with E-state index in [0.717, 1.165) is 10.0 Å². The minimum atomic E-state index is -0.0523. The van der Waals surface area contributed by atoms with E-state index >= 15 is 0 Å². The number of hydrogen-bond donors (Lipinski definition) is 1. The van der Waals surface area contributed by atoms with Crippen LogP contribution in [0, 0.1) is 12.8 Å². The molecule has 3 nitrogen and oxygen atoms in total. The van der Waals surface area contributed by atoms with E-state index in [-0.39, 0.29) is 5.91 Å². The average molecular weight is 300 g/mol. The number of rotatable bonds is 5. The number of benzene rings is 1. The van der Waals surface area contributed by atoms with Crippen LogP contribution in [0.25, 0.3) is 0 Å². The monoisotopic (exact) mass is 299 g/mol. The molecule has 1 aromatic rings. The third kappa shape index (κ3) is 4.13. The molecule has 1 amide bonds. The van der Waals surface area contributed by atoms with Gasteiger partial charge in [0, 0.05) is 18.1 Å². The molecule has 0 fully saturated rings. The number of amides is 1. The zero-order valence-corrected chi connectivity index (χ0v) is 12.0. The summed E-state index contributed by atoms with van der Waals surface area (Å²) in [4.78, 5) is 11.9. The quantitative estimate of drug-likeness (QED) is 0.908. The van der Waals surface area contributed by atoms with Crippen LogP contribution in [0.1, 0.15) is 22.8 Å². The third-order valence-corrected chi connectivity index (χ3v) is 3.55. The summed E-state index contributed by atoms with van der Waals surface area (Å²) in [5.74, 6) is 0.260. The van der Waals surface area contributed by atoms with Gasteiger partial charge in [-0.05, 0) is 40.4 Å². The molecule has 94 valence electrons. The van der Waals surface area contributed by atoms with Gasteiger partial charge in [0.2, 0.25) is 0 Å². The van der Waals surface area contributed by atoms with Gasteiger partial charge in [0.05, 0.1) is 12.2 Å². The largest absolute Gasteiger partial charge is 0.384 e. The number of carbonyl (C=O) groups excluding carboxylic acids is 1. The smallest absolute Gasteiger partial charge is 0.252 e. The van der Waals surface area contributed by atoms with Crippen LogP contribution in [0.4, 0.5) is 0 Å². The molecule has 0 aliphatic carbocycles. The van der Waals surface area contributed by atoms with Gasteiger partial charge in [-0.2, -0.15) is 0 Å². The maximum absolute atomic E-state index is 11.9. The second-order valence-corrected chi connectivity index (χ2v) is 5.00. The topological polar surface area (TPSA) is 38.3 Å². The molecule has 4 heteroatoms. The second kappa shape index (κ2) is 6.77. The number of nitrogens with one attached hydrogen (secondary N) is 1. The summed E-state index contributed by atoms with van der Waals surface area (Å²) in [5.41, 5.74) is 1.73. The molecule has 0 heterocycles. The van der Waals surface area contributed by atoms with Crippen molar-refractivity contribution in [3.8, 4) is 0 Å². The SMILES string of the molecule is COCC(C)CNC(=O)c1cccc(C)c1Br. The highest BCUT2D eigenvalue weighted by Crippen LogP contribution is 2.20. The number of aryl methyl sites for hydroxylation is 1. The van der Waals surface area contributed by atoms with Crippen LogP contribution in [0.2, 0.25) is 0 Å². The van der Waals surface area contributed by atoms with Crippen LogP contribution in [0.5, 0.6) is 0 Å². The van der Waals surface area contributed by atoms with Gasteiger partial charge in [-0.25, -0.2) is 0 Å². The van der Waals surface area contributed by atoms with E-state index in [0.29, 0.717) is 24.6 Å². The van der Waals surface area contributed by atoms with Gasteiger partial charge in [0.25, 0.3) is 5.91 Å². The summed E-state index contributed by atoms with van der Waals surface area (Å²) in [5, 5.41) is 2.90. The number of halogens is 1. The Bertz CT molecular complexity index is 393. The molecule has 1 N–H and O–H groups in total. The second-order valence-electron chi connectivity index (χ2n) is 4.21. The summed E-state index contributed by atoms with van der Waals surface area (Å²) in [6.07, 6.45) is 0. The predicted octanol–water partition coefficient (Wildman–Crippen LogP) is 2.77. The van der Waals surface area contributed by atoms with E-state index in [9.17, 15) is 4.79 Å². The Labute approximate surface area is 111 Å². The number of ether oxygens (including phenoxy) is 1. The minimum absolute atomic E-state index is 0.0523. The molecule has 0 saturated heterocycles. The molecular weight excluding hydrogens is 282 g/mol. The summed E-state index contributed by atoms with van der Waals surface area (Å²) in [6.45, 7) is 5.27. The Morgan fingerprint density at radius 2 is 2.24 bits per heavy atom. The Hall–Kier alpha value is -0.870. The number of carbonyl (C=O) groups is 1. The van der Waals surface area contributed by atoms with Crippen molar-refractivity contribution in [2.24, 2.45) is 5.92 Å². The van der Waals surface area contributed by atoms with Crippen LogP contribution >= 0.6 is 15.9 Å². The van der Waals surface area contributed by atoms with Crippen molar-refractivity contribution in [3.05, 3.63) is 33.8 Å². The molecule has 1 aromatic carbocycles. The first-order valence-corrected chi connectivity index (χ1v) is 6.37. The van der Waals surface area contributed by atoms with E-state index < -0.39 is 0 Å². The van der Waals surface area contributed by atoms with Gasteiger partial charge in [-0.3, -0.25) is 4.79 Å². The van der Waals surface area contributed by atoms with E-state index in [4.69, 9.17) is 4.74 Å². The first-order valence-electron chi connectivity index (χ1n) is 5.58. The fraction of sp³-hybridized carbons (Fsp3) is 0.462. The van der Waals surface area contributed by atoms with E-state index in [1.807, 2.05) is 32.0 Å². The molecule has 1 atom stereocenters. The highest BCUT2D eigenvalue weighted by Gasteiger charge is 2.11. The molecular formula is C13H18BrNO2. The molecule has 0 saturated carbocycles. The van der Waals surface area contributed by atoms with Gasteiger partial charge in [0.1, 0.15) is 0 Å². The van der Waals surface area contributed by atoms with Crippen molar-refractivity contribution in [2.45, 2.75) is 13.8 Å². The first kappa shape index (κ1) is 14.2. The Kier molecular flexibility index (Phi) is 5.65. The highest BCUT2D eigenvalue weighted by atomic mass is 79.9. The van der Waals surface area contributed by atoms with Crippen LogP contribution < -0.4 is 5.32 Å². The van der Waals surface area contributed by atoms with E-state index in [1.165, 1.54) is 0 Å². The third-order valence-electron chi connectivity index (χ3n) is 2.50. The fourth-order valence-electron chi connectivity index (χ4n) is 1.53. The van der Waals surface area contributed by atoms with E-state index in [1.54, 1.807) is 7.11 Å². The van der Waals surface area contributed by atoms with Crippen molar-refractivity contribution in [2.75, 3.05) is 20.3 Å². The lowest BCUT2D eigenvalue weighted by molar-refractivity contribution is 0.0933. The Morgan fingerprint density at radius 3 is 2.88 bits per heavy atom. The van der Waals surface area contributed by atoms with E-state index in [2.05, 4.69) is 21.2 Å². The zero-order chi connectivity index (χ0) is 12.8. The molecule has 1 unspecified atom stereocenters. The molecule has 0 radical (unpaired) electrons. The van der Waals surface area contributed by atoms with Gasteiger partial charge in [-0.1, -0.05) is 19.1 Å². The predicted molar refractivity (Wildman–Crippen MR) is 72.3 cm³/mol. The van der Waals surface area contributed by atoms with Crippen molar-refractivity contribution >= 4 is 21.8 Å². The standard InChI is InChI=1S/C13H18BrNO2/c1-9(8-17-3)7-15-13(16)11-6-4-5-10(2)12(11)14/h4-6,9H,7-8H2,1-3H3,(H,15,16). The molecule has 0 aliphatic heterocycles. The van der Waals surface area contributed by atoms with Crippen molar-refractivity contribution in [1.82, 2.24) is 5.32 Å². The Morgan fingerprint density at radius 1 is 1.53 bits per heavy atom.